The minimum absolute atomic E-state index is 0.212. The van der Waals surface area contributed by atoms with Gasteiger partial charge in [-0.2, -0.15) is 0 Å². The van der Waals surface area contributed by atoms with Gasteiger partial charge in [0.25, 0.3) is 0 Å². The molecule has 2 aromatic heterocycles. The van der Waals surface area contributed by atoms with Crippen molar-refractivity contribution in [3.63, 3.8) is 0 Å². The molecule has 2 nitrogen and oxygen atoms in total. The van der Waals surface area contributed by atoms with Crippen molar-refractivity contribution >= 4 is 53.3 Å². The molecule has 0 spiro atoms. The number of fused-ring (bicyclic) bond motifs is 9. The van der Waals surface area contributed by atoms with Gasteiger partial charge in [0, 0.05) is 59.6 Å². The lowest BCUT2D eigenvalue weighted by molar-refractivity contribution is 0.426. The van der Waals surface area contributed by atoms with E-state index >= 15 is 0 Å². The maximum absolute atomic E-state index is 6.79. The fraction of sp³-hybridized carbons (Fsp3) is 0.0877. The summed E-state index contributed by atoms with van der Waals surface area (Å²) in [4.78, 5) is 0. The molecule has 0 saturated carbocycles. The highest BCUT2D eigenvalue weighted by Gasteiger charge is 2.33. The van der Waals surface area contributed by atoms with Crippen molar-refractivity contribution in [3.8, 4) is 33.7 Å². The van der Waals surface area contributed by atoms with Crippen LogP contribution in [0.1, 0.15) is 46.9 Å². The van der Waals surface area contributed by atoms with Crippen LogP contribution in [-0.4, -0.2) is 4.57 Å². The van der Waals surface area contributed by atoms with E-state index in [1.54, 1.807) is 0 Å². The van der Waals surface area contributed by atoms with Crippen molar-refractivity contribution in [2.75, 3.05) is 0 Å². The zero-order chi connectivity index (χ0) is 39.6. The molecule has 0 radical (unpaired) electrons. The molecule has 1 aliphatic heterocycles. The molecular formula is C57H41NOS. The molecule has 8 aromatic carbocycles. The van der Waals surface area contributed by atoms with E-state index in [-0.39, 0.29) is 11.8 Å². The molecule has 0 N–H and O–H groups in total. The molecule has 12 rings (SSSR count). The summed E-state index contributed by atoms with van der Waals surface area (Å²) in [6.07, 6.45) is 9.47. The Kier molecular flexibility index (Phi) is 8.41. The standard InChI is InChI=1S/C57H41NOS/c1-2-13-37(14-3-1)38-25-27-39(28-26-38)44(34-33-42-15-12-24-55-56(42)48-19-7-11-23-54(48)60-55)40-29-31-41(32-30-40)49-35-43(36-50-47-18-6-10-22-53(47)59-57(49)50)58-51-20-8-4-16-45(51)46-17-5-9-21-52(46)58/h1-17,19-32,35-36,44,47H,18,33-34H2. The largest absolute Gasteiger partial charge is 0.460 e. The molecule has 0 saturated heterocycles. The van der Waals surface area contributed by atoms with Crippen molar-refractivity contribution in [2.24, 2.45) is 0 Å². The highest BCUT2D eigenvalue weighted by molar-refractivity contribution is 7.25. The Bertz CT molecular complexity index is 3260. The third-order valence-electron chi connectivity index (χ3n) is 12.9. The summed E-state index contributed by atoms with van der Waals surface area (Å²) in [5, 5.41) is 5.31. The second-order valence-electron chi connectivity index (χ2n) is 16.3. The van der Waals surface area contributed by atoms with Crippen LogP contribution in [0.2, 0.25) is 0 Å². The highest BCUT2D eigenvalue weighted by Crippen LogP contribution is 2.51. The molecule has 1 aliphatic carbocycles. The molecular weight excluding hydrogens is 747 g/mol. The molecule has 2 atom stereocenters. The van der Waals surface area contributed by atoms with Crippen LogP contribution in [0.3, 0.4) is 0 Å². The molecule has 0 bridgehead atoms. The number of aryl methyl sites for hydroxylation is 1. The monoisotopic (exact) mass is 787 g/mol. The number of benzene rings is 8. The molecule has 10 aromatic rings. The summed E-state index contributed by atoms with van der Waals surface area (Å²) in [6, 6.07) is 67.4. The number of hydrogen-bond acceptors (Lipinski definition) is 2. The molecule has 3 heteroatoms. The molecule has 0 amide bonds. The number of allylic oxidation sites excluding steroid dienone is 4. The summed E-state index contributed by atoms with van der Waals surface area (Å²) in [7, 11) is 0. The first-order chi connectivity index (χ1) is 29.7. The van der Waals surface area contributed by atoms with Gasteiger partial charge in [-0.1, -0.05) is 158 Å². The van der Waals surface area contributed by atoms with E-state index in [4.69, 9.17) is 4.74 Å². The first kappa shape index (κ1) is 35.0. The number of para-hydroxylation sites is 2. The smallest absolute Gasteiger partial charge is 0.138 e. The zero-order valence-electron chi connectivity index (χ0n) is 33.1. The van der Waals surface area contributed by atoms with Gasteiger partial charge in [-0.3, -0.25) is 0 Å². The average Bonchev–Trinajstić information content (AvgIpc) is 4.00. The molecule has 3 heterocycles. The first-order valence-corrected chi connectivity index (χ1v) is 21.9. The van der Waals surface area contributed by atoms with Crippen LogP contribution in [0.4, 0.5) is 0 Å². The van der Waals surface area contributed by atoms with Gasteiger partial charge in [0.1, 0.15) is 11.5 Å². The van der Waals surface area contributed by atoms with Gasteiger partial charge in [-0.25, -0.2) is 0 Å². The number of ether oxygens (including phenoxy) is 1. The number of thiophene rings is 1. The lowest BCUT2D eigenvalue weighted by Crippen LogP contribution is -2.04. The lowest BCUT2D eigenvalue weighted by atomic mass is 9.84. The normalized spacial score (nSPS) is 15.0. The maximum atomic E-state index is 6.79. The SMILES string of the molecule is C1=CCC2C(=C1)Oc1c(-c3ccc(C(CCc4cccc5sc6ccccc6c45)c4ccc(-c5ccccc5)cc4)cc3)cc(-n3c4ccccc4c4ccccc43)cc12. The number of aromatic nitrogens is 1. The van der Waals surface area contributed by atoms with Crippen molar-refractivity contribution in [2.45, 2.75) is 31.1 Å². The maximum Gasteiger partial charge on any atom is 0.138 e. The Labute approximate surface area is 354 Å². The van der Waals surface area contributed by atoms with Crippen LogP contribution in [-0.2, 0) is 6.42 Å². The van der Waals surface area contributed by atoms with Crippen molar-refractivity contribution < 1.29 is 4.74 Å². The van der Waals surface area contributed by atoms with Gasteiger partial charge in [-0.15, -0.1) is 11.3 Å². The second-order valence-corrected chi connectivity index (χ2v) is 17.3. The minimum Gasteiger partial charge on any atom is -0.460 e. The summed E-state index contributed by atoms with van der Waals surface area (Å²) >= 11 is 1.90. The van der Waals surface area contributed by atoms with E-state index < -0.39 is 0 Å². The minimum atomic E-state index is 0.212. The van der Waals surface area contributed by atoms with E-state index in [2.05, 4.69) is 205 Å². The van der Waals surface area contributed by atoms with Crippen molar-refractivity contribution in [3.05, 3.63) is 228 Å². The average molecular weight is 788 g/mol. The van der Waals surface area contributed by atoms with E-state index in [0.717, 1.165) is 47.6 Å². The second kappa shape index (κ2) is 14.4. The Balaban J connectivity index is 0.963. The van der Waals surface area contributed by atoms with E-state index in [1.807, 2.05) is 11.3 Å². The summed E-state index contributed by atoms with van der Waals surface area (Å²) in [5.74, 6) is 2.45. The Morgan fingerprint density at radius 2 is 1.22 bits per heavy atom. The highest BCUT2D eigenvalue weighted by atomic mass is 32.1. The van der Waals surface area contributed by atoms with Crippen LogP contribution in [0.25, 0.3) is 69.9 Å². The van der Waals surface area contributed by atoms with Crippen LogP contribution in [0, 0.1) is 0 Å². The zero-order valence-corrected chi connectivity index (χ0v) is 33.9. The third-order valence-corrected chi connectivity index (χ3v) is 14.0. The third kappa shape index (κ3) is 5.84. The van der Waals surface area contributed by atoms with Crippen LogP contribution >= 0.6 is 11.3 Å². The number of nitrogens with zero attached hydrogens (tertiary/aromatic N) is 1. The number of hydrogen-bond donors (Lipinski definition) is 0. The van der Waals surface area contributed by atoms with Gasteiger partial charge < -0.3 is 9.30 Å². The molecule has 2 aliphatic rings. The van der Waals surface area contributed by atoms with Gasteiger partial charge in [0.2, 0.25) is 0 Å². The Morgan fingerprint density at radius 3 is 1.97 bits per heavy atom. The Morgan fingerprint density at radius 1 is 0.583 bits per heavy atom. The fourth-order valence-corrected chi connectivity index (χ4v) is 11.1. The number of rotatable bonds is 8. The molecule has 2 unspecified atom stereocenters. The summed E-state index contributed by atoms with van der Waals surface area (Å²) in [5.41, 5.74) is 13.7. The summed E-state index contributed by atoms with van der Waals surface area (Å²) < 4.78 is 11.9. The molecule has 0 fully saturated rings. The molecule has 286 valence electrons. The van der Waals surface area contributed by atoms with Crippen molar-refractivity contribution in [1.82, 2.24) is 4.57 Å². The predicted molar refractivity (Wildman–Crippen MR) is 253 cm³/mol. The molecule has 60 heavy (non-hydrogen) atoms. The van der Waals surface area contributed by atoms with E-state index in [0.29, 0.717) is 0 Å². The lowest BCUT2D eigenvalue weighted by Gasteiger charge is -2.20. The Hall–Kier alpha value is -6.94. The fourth-order valence-electron chi connectivity index (χ4n) is 9.98. The van der Waals surface area contributed by atoms with Gasteiger partial charge >= 0.3 is 0 Å². The predicted octanol–water partition coefficient (Wildman–Crippen LogP) is 15.6. The van der Waals surface area contributed by atoms with Crippen LogP contribution in [0.15, 0.2) is 206 Å². The van der Waals surface area contributed by atoms with Gasteiger partial charge in [-0.05, 0) is 95.1 Å². The van der Waals surface area contributed by atoms with Crippen LogP contribution < -0.4 is 4.74 Å². The van der Waals surface area contributed by atoms with E-state index in [1.165, 1.54) is 75.4 Å². The topological polar surface area (TPSA) is 14.2 Å². The van der Waals surface area contributed by atoms with Crippen molar-refractivity contribution in [1.29, 1.82) is 0 Å². The van der Waals surface area contributed by atoms with Gasteiger partial charge in [0.05, 0.1) is 11.0 Å². The van der Waals surface area contributed by atoms with E-state index in [9.17, 15) is 0 Å². The van der Waals surface area contributed by atoms with Crippen LogP contribution in [0.5, 0.6) is 5.75 Å². The van der Waals surface area contributed by atoms with Gasteiger partial charge in [0.15, 0.2) is 0 Å². The first-order valence-electron chi connectivity index (χ1n) is 21.1. The summed E-state index contributed by atoms with van der Waals surface area (Å²) in [6.45, 7) is 0. The quantitative estimate of drug-likeness (QED) is 0.150.